The van der Waals surface area contributed by atoms with Gasteiger partial charge in [0.2, 0.25) is 5.91 Å². The first-order valence-corrected chi connectivity index (χ1v) is 5.28. The van der Waals surface area contributed by atoms with E-state index in [1.165, 1.54) is 7.11 Å². The SMILES string of the molecule is CCC(NC(=O)[C@H]1CCNC1)C(=O)OC.Cl. The largest absolute Gasteiger partial charge is 0.467 e. The van der Waals surface area contributed by atoms with Gasteiger partial charge >= 0.3 is 5.97 Å². The molecule has 1 unspecified atom stereocenters. The number of methoxy groups -OCH3 is 1. The zero-order chi connectivity index (χ0) is 11.3. The molecule has 0 aromatic carbocycles. The maximum absolute atomic E-state index is 11.7. The molecule has 0 aliphatic carbocycles. The third-order valence-electron chi connectivity index (χ3n) is 2.64. The maximum atomic E-state index is 11.7. The average molecular weight is 251 g/mol. The molecule has 1 fully saturated rings. The Morgan fingerprint density at radius 1 is 1.56 bits per heavy atom. The minimum atomic E-state index is -0.511. The zero-order valence-electron chi connectivity index (χ0n) is 9.62. The third-order valence-corrected chi connectivity index (χ3v) is 2.64. The van der Waals surface area contributed by atoms with Gasteiger partial charge in [-0.05, 0) is 19.4 Å². The fourth-order valence-corrected chi connectivity index (χ4v) is 1.64. The lowest BCUT2D eigenvalue weighted by Crippen LogP contribution is -2.44. The molecule has 1 aliphatic heterocycles. The van der Waals surface area contributed by atoms with Crippen LogP contribution in [0.25, 0.3) is 0 Å². The number of hydrogen-bond acceptors (Lipinski definition) is 4. The molecule has 0 saturated carbocycles. The van der Waals surface area contributed by atoms with Crippen molar-refractivity contribution < 1.29 is 14.3 Å². The maximum Gasteiger partial charge on any atom is 0.328 e. The summed E-state index contributed by atoms with van der Waals surface area (Å²) in [6, 6.07) is -0.511. The van der Waals surface area contributed by atoms with Crippen LogP contribution in [0, 0.1) is 5.92 Å². The van der Waals surface area contributed by atoms with E-state index >= 15 is 0 Å². The van der Waals surface area contributed by atoms with Crippen LogP contribution in [0.15, 0.2) is 0 Å². The van der Waals surface area contributed by atoms with E-state index in [1.807, 2.05) is 6.92 Å². The van der Waals surface area contributed by atoms with E-state index < -0.39 is 6.04 Å². The molecule has 5 nitrogen and oxygen atoms in total. The number of halogens is 1. The second kappa shape index (κ2) is 7.46. The lowest BCUT2D eigenvalue weighted by Gasteiger charge is -2.16. The van der Waals surface area contributed by atoms with Crippen molar-refractivity contribution in [2.45, 2.75) is 25.8 Å². The first kappa shape index (κ1) is 15.2. The van der Waals surface area contributed by atoms with Crippen molar-refractivity contribution in [2.24, 2.45) is 5.92 Å². The predicted molar refractivity (Wildman–Crippen MR) is 62.5 cm³/mol. The summed E-state index contributed by atoms with van der Waals surface area (Å²) >= 11 is 0. The van der Waals surface area contributed by atoms with Crippen molar-refractivity contribution in [3.8, 4) is 0 Å². The Morgan fingerprint density at radius 2 is 2.25 bits per heavy atom. The highest BCUT2D eigenvalue weighted by molar-refractivity contribution is 5.86. The molecule has 1 aliphatic rings. The van der Waals surface area contributed by atoms with Crippen molar-refractivity contribution in [1.82, 2.24) is 10.6 Å². The Hall–Kier alpha value is -0.810. The molecule has 94 valence electrons. The first-order valence-electron chi connectivity index (χ1n) is 5.28. The molecule has 1 rings (SSSR count). The highest BCUT2D eigenvalue weighted by atomic mass is 35.5. The minimum Gasteiger partial charge on any atom is -0.467 e. The number of amides is 1. The van der Waals surface area contributed by atoms with E-state index in [9.17, 15) is 9.59 Å². The second-order valence-electron chi connectivity index (χ2n) is 3.68. The monoisotopic (exact) mass is 250 g/mol. The summed E-state index contributed by atoms with van der Waals surface area (Å²) in [4.78, 5) is 22.9. The van der Waals surface area contributed by atoms with Crippen LogP contribution in [0.3, 0.4) is 0 Å². The highest BCUT2D eigenvalue weighted by Crippen LogP contribution is 2.08. The summed E-state index contributed by atoms with van der Waals surface area (Å²) in [5, 5.41) is 5.82. The predicted octanol–water partition coefficient (Wildman–Crippen LogP) is 0.0855. The molecular formula is C10H19ClN2O3. The van der Waals surface area contributed by atoms with Crippen molar-refractivity contribution in [2.75, 3.05) is 20.2 Å². The molecule has 2 atom stereocenters. The van der Waals surface area contributed by atoms with Gasteiger partial charge in [-0.2, -0.15) is 0 Å². The number of esters is 1. The summed E-state index contributed by atoms with van der Waals surface area (Å²) in [5.74, 6) is -0.447. The van der Waals surface area contributed by atoms with Crippen LogP contribution in [0.1, 0.15) is 19.8 Å². The van der Waals surface area contributed by atoms with Crippen LogP contribution in [-0.4, -0.2) is 38.1 Å². The summed E-state index contributed by atoms with van der Waals surface area (Å²) in [6.45, 7) is 3.41. The van der Waals surface area contributed by atoms with Gasteiger partial charge in [0.15, 0.2) is 0 Å². The molecule has 0 aromatic rings. The lowest BCUT2D eigenvalue weighted by molar-refractivity contribution is -0.145. The number of hydrogen-bond donors (Lipinski definition) is 2. The van der Waals surface area contributed by atoms with Gasteiger partial charge < -0.3 is 15.4 Å². The van der Waals surface area contributed by atoms with Gasteiger partial charge in [0, 0.05) is 6.54 Å². The van der Waals surface area contributed by atoms with Crippen molar-refractivity contribution >= 4 is 24.3 Å². The highest BCUT2D eigenvalue weighted by Gasteiger charge is 2.26. The Balaban J connectivity index is 0.00000225. The molecule has 0 spiro atoms. The van der Waals surface area contributed by atoms with Crippen LogP contribution < -0.4 is 10.6 Å². The number of carbonyl (C=O) groups excluding carboxylic acids is 2. The smallest absolute Gasteiger partial charge is 0.328 e. The Labute approximate surface area is 102 Å². The van der Waals surface area contributed by atoms with E-state index in [0.717, 1.165) is 13.0 Å². The second-order valence-corrected chi connectivity index (χ2v) is 3.68. The molecule has 1 amide bonds. The molecule has 1 saturated heterocycles. The van der Waals surface area contributed by atoms with Gasteiger partial charge in [-0.15, -0.1) is 12.4 Å². The Morgan fingerprint density at radius 3 is 2.69 bits per heavy atom. The summed E-state index contributed by atoms with van der Waals surface area (Å²) in [7, 11) is 1.33. The van der Waals surface area contributed by atoms with Crippen LogP contribution in [0.5, 0.6) is 0 Å². The van der Waals surface area contributed by atoms with Crippen LogP contribution in [0.2, 0.25) is 0 Å². The van der Waals surface area contributed by atoms with Crippen molar-refractivity contribution in [3.05, 3.63) is 0 Å². The topological polar surface area (TPSA) is 67.4 Å². The molecule has 0 bridgehead atoms. The Kier molecular flexibility index (Phi) is 7.08. The van der Waals surface area contributed by atoms with Gasteiger partial charge in [-0.25, -0.2) is 4.79 Å². The van der Waals surface area contributed by atoms with Crippen molar-refractivity contribution in [3.63, 3.8) is 0 Å². The standard InChI is InChI=1S/C10H18N2O3.ClH/c1-3-8(10(14)15-2)12-9(13)7-4-5-11-6-7;/h7-8,11H,3-6H2,1-2H3,(H,12,13);1H/t7-,8?;/m0./s1. The van der Waals surface area contributed by atoms with E-state index in [0.29, 0.717) is 13.0 Å². The summed E-state index contributed by atoms with van der Waals surface area (Å²) < 4.78 is 4.60. The molecule has 0 aromatic heterocycles. The molecular weight excluding hydrogens is 232 g/mol. The summed E-state index contributed by atoms with van der Waals surface area (Å²) in [6.07, 6.45) is 1.39. The van der Waals surface area contributed by atoms with Crippen LogP contribution in [0.4, 0.5) is 0 Å². The number of nitrogens with one attached hydrogen (secondary N) is 2. The van der Waals surface area contributed by atoms with E-state index in [1.54, 1.807) is 0 Å². The molecule has 2 N–H and O–H groups in total. The van der Waals surface area contributed by atoms with Gasteiger partial charge in [0.25, 0.3) is 0 Å². The molecule has 1 heterocycles. The fourth-order valence-electron chi connectivity index (χ4n) is 1.64. The Bertz CT molecular complexity index is 242. The minimum absolute atomic E-state index is 0. The normalized spacial score (nSPS) is 20.8. The third kappa shape index (κ3) is 3.98. The first-order chi connectivity index (χ1) is 7.19. The van der Waals surface area contributed by atoms with Gasteiger partial charge in [0.1, 0.15) is 6.04 Å². The van der Waals surface area contributed by atoms with Crippen LogP contribution in [-0.2, 0) is 14.3 Å². The van der Waals surface area contributed by atoms with Gasteiger partial charge in [0.05, 0.1) is 13.0 Å². The van der Waals surface area contributed by atoms with E-state index in [2.05, 4.69) is 15.4 Å². The van der Waals surface area contributed by atoms with Gasteiger partial charge in [-0.1, -0.05) is 6.92 Å². The lowest BCUT2D eigenvalue weighted by atomic mass is 10.1. The van der Waals surface area contributed by atoms with Crippen LogP contribution >= 0.6 is 12.4 Å². The quantitative estimate of drug-likeness (QED) is 0.694. The average Bonchev–Trinajstić information content (AvgIpc) is 2.77. The van der Waals surface area contributed by atoms with Gasteiger partial charge in [-0.3, -0.25) is 4.79 Å². The zero-order valence-corrected chi connectivity index (χ0v) is 10.4. The molecule has 0 radical (unpaired) electrons. The molecule has 16 heavy (non-hydrogen) atoms. The number of rotatable bonds is 4. The van der Waals surface area contributed by atoms with Crippen molar-refractivity contribution in [1.29, 1.82) is 0 Å². The number of carbonyl (C=O) groups is 2. The fraction of sp³-hybridized carbons (Fsp3) is 0.800. The van der Waals surface area contributed by atoms with E-state index in [4.69, 9.17) is 0 Å². The summed E-state index contributed by atoms with van der Waals surface area (Å²) in [5.41, 5.74) is 0. The van der Waals surface area contributed by atoms with E-state index in [-0.39, 0.29) is 30.2 Å². The number of ether oxygens (including phenoxy) is 1. The molecule has 6 heteroatoms.